The van der Waals surface area contributed by atoms with Crippen LogP contribution in [0.5, 0.6) is 0 Å². The summed E-state index contributed by atoms with van der Waals surface area (Å²) in [5, 5.41) is 0. The van der Waals surface area contributed by atoms with Gasteiger partial charge in [-0.25, -0.2) is 0 Å². The van der Waals surface area contributed by atoms with Crippen LogP contribution in [-0.2, 0) is 0 Å². The van der Waals surface area contributed by atoms with E-state index in [0.717, 1.165) is 0 Å². The van der Waals surface area contributed by atoms with E-state index < -0.39 is 0 Å². The maximum absolute atomic E-state index is 2.37. The fourth-order valence-electron chi connectivity index (χ4n) is 6.26. The molecule has 0 spiro atoms. The van der Waals surface area contributed by atoms with Crippen molar-refractivity contribution in [2.24, 2.45) is 0 Å². The topological polar surface area (TPSA) is 0 Å². The average Bonchev–Trinajstić information content (AvgIpc) is 2.92. The van der Waals surface area contributed by atoms with E-state index in [-0.39, 0.29) is 0 Å². The summed E-state index contributed by atoms with van der Waals surface area (Å²) in [6.07, 6.45) is 41.4. The summed E-state index contributed by atoms with van der Waals surface area (Å²) in [5.74, 6) is 0. The molecule has 0 aromatic heterocycles. The van der Waals surface area contributed by atoms with Gasteiger partial charge in [0.15, 0.2) is 0 Å². The molecule has 1 heteroatoms. The molecular formula is C36H76N+. The van der Waals surface area contributed by atoms with Gasteiger partial charge >= 0.3 is 0 Å². The summed E-state index contributed by atoms with van der Waals surface area (Å²) in [4.78, 5) is 0. The SMILES string of the molecule is CCCCCCCCCCCCCCCCCCCCCCCCCCCCCC[N+](CC)(CC)CC. The molecule has 0 N–H and O–H groups in total. The Labute approximate surface area is 237 Å². The minimum absolute atomic E-state index is 1.31. The van der Waals surface area contributed by atoms with Crippen LogP contribution < -0.4 is 0 Å². The third-order valence-corrected chi connectivity index (χ3v) is 9.50. The number of quaternary nitrogens is 1. The molecule has 0 fully saturated rings. The van der Waals surface area contributed by atoms with Gasteiger partial charge in [-0.15, -0.1) is 0 Å². The summed E-state index contributed by atoms with van der Waals surface area (Å²) in [7, 11) is 0. The number of rotatable bonds is 32. The van der Waals surface area contributed by atoms with Gasteiger partial charge in [0.1, 0.15) is 0 Å². The van der Waals surface area contributed by atoms with Crippen LogP contribution in [0.4, 0.5) is 0 Å². The molecule has 0 amide bonds. The molecule has 0 aliphatic heterocycles. The minimum Gasteiger partial charge on any atom is -0.324 e. The first-order valence-electron chi connectivity index (χ1n) is 18.1. The second-order valence-electron chi connectivity index (χ2n) is 12.6. The van der Waals surface area contributed by atoms with E-state index >= 15 is 0 Å². The molecule has 0 aromatic carbocycles. The molecular weight excluding hydrogens is 446 g/mol. The maximum atomic E-state index is 2.37. The molecule has 0 atom stereocenters. The number of hydrogen-bond donors (Lipinski definition) is 0. The molecule has 0 saturated heterocycles. The molecule has 0 radical (unpaired) electrons. The van der Waals surface area contributed by atoms with Gasteiger partial charge in [0.2, 0.25) is 0 Å². The molecule has 0 saturated carbocycles. The highest BCUT2D eigenvalue weighted by Gasteiger charge is 2.19. The van der Waals surface area contributed by atoms with Crippen molar-refractivity contribution in [1.82, 2.24) is 0 Å². The van der Waals surface area contributed by atoms with Crippen LogP contribution >= 0.6 is 0 Å². The molecule has 0 rings (SSSR count). The average molecular weight is 523 g/mol. The van der Waals surface area contributed by atoms with Crippen molar-refractivity contribution in [2.45, 2.75) is 207 Å². The molecule has 0 bridgehead atoms. The summed E-state index contributed by atoms with van der Waals surface area (Å²) in [5.41, 5.74) is 0. The van der Waals surface area contributed by atoms with E-state index in [2.05, 4.69) is 27.7 Å². The van der Waals surface area contributed by atoms with Crippen molar-refractivity contribution in [1.29, 1.82) is 0 Å². The predicted octanol–water partition coefficient (Wildman–Crippen LogP) is 12.8. The van der Waals surface area contributed by atoms with Crippen molar-refractivity contribution >= 4 is 0 Å². The van der Waals surface area contributed by atoms with Crippen LogP contribution in [0.3, 0.4) is 0 Å². The van der Waals surface area contributed by atoms with Crippen molar-refractivity contribution in [2.75, 3.05) is 26.2 Å². The fraction of sp³-hybridized carbons (Fsp3) is 1.00. The lowest BCUT2D eigenvalue weighted by Gasteiger charge is -2.35. The number of unbranched alkanes of at least 4 members (excludes halogenated alkanes) is 27. The first-order valence-corrected chi connectivity index (χ1v) is 18.1. The lowest BCUT2D eigenvalue weighted by atomic mass is 10.0. The lowest BCUT2D eigenvalue weighted by Crippen LogP contribution is -2.48. The third-order valence-electron chi connectivity index (χ3n) is 9.50. The molecule has 1 nitrogen and oxygen atoms in total. The normalized spacial score (nSPS) is 12.0. The summed E-state index contributed by atoms with van der Waals surface area (Å²) < 4.78 is 1.33. The Hall–Kier alpha value is -0.0400. The molecule has 224 valence electrons. The van der Waals surface area contributed by atoms with Gasteiger partial charge in [-0.2, -0.15) is 0 Å². The monoisotopic (exact) mass is 523 g/mol. The zero-order chi connectivity index (χ0) is 27.1. The number of nitrogens with zero attached hydrogens (tertiary/aromatic N) is 1. The summed E-state index contributed by atoms with van der Waals surface area (Å²) >= 11 is 0. The van der Waals surface area contributed by atoms with E-state index in [1.54, 1.807) is 0 Å². The Morgan fingerprint density at radius 3 is 0.622 bits per heavy atom. The Kier molecular flexibility index (Phi) is 30.5. The van der Waals surface area contributed by atoms with Crippen molar-refractivity contribution < 1.29 is 4.48 Å². The second-order valence-corrected chi connectivity index (χ2v) is 12.6. The first-order chi connectivity index (χ1) is 18.2. The van der Waals surface area contributed by atoms with Gasteiger partial charge in [-0.05, 0) is 33.6 Å². The van der Waals surface area contributed by atoms with Gasteiger partial charge in [0.25, 0.3) is 0 Å². The molecule has 0 heterocycles. The highest BCUT2D eigenvalue weighted by molar-refractivity contribution is 4.52. The largest absolute Gasteiger partial charge is 0.324 e. The Morgan fingerprint density at radius 1 is 0.243 bits per heavy atom. The zero-order valence-electron chi connectivity index (χ0n) is 27.1. The van der Waals surface area contributed by atoms with Gasteiger partial charge in [-0.3, -0.25) is 0 Å². The van der Waals surface area contributed by atoms with E-state index in [1.165, 1.54) is 210 Å². The Bertz CT molecular complexity index is 391. The predicted molar refractivity (Wildman–Crippen MR) is 172 cm³/mol. The zero-order valence-corrected chi connectivity index (χ0v) is 27.1. The standard InChI is InChI=1S/C36H76N/c1-5-9-10-11-12-13-14-15-16-17-18-19-20-21-22-23-24-25-26-27-28-29-30-31-32-33-34-35-36-37(6-2,7-3)8-4/h5-36H2,1-4H3/q+1. The molecule has 0 aliphatic carbocycles. The van der Waals surface area contributed by atoms with E-state index in [4.69, 9.17) is 0 Å². The van der Waals surface area contributed by atoms with Crippen LogP contribution in [0.15, 0.2) is 0 Å². The molecule has 37 heavy (non-hydrogen) atoms. The lowest BCUT2D eigenvalue weighted by molar-refractivity contribution is -0.923. The van der Waals surface area contributed by atoms with E-state index in [1.807, 2.05) is 0 Å². The molecule has 0 unspecified atom stereocenters. The second kappa shape index (κ2) is 30.5. The highest BCUT2D eigenvalue weighted by Crippen LogP contribution is 2.17. The van der Waals surface area contributed by atoms with Crippen LogP contribution in [0.25, 0.3) is 0 Å². The summed E-state index contributed by atoms with van der Waals surface area (Å²) in [6.45, 7) is 14.8. The third kappa shape index (κ3) is 26.0. The smallest absolute Gasteiger partial charge is 0.0786 e. The van der Waals surface area contributed by atoms with Crippen molar-refractivity contribution in [3.8, 4) is 0 Å². The van der Waals surface area contributed by atoms with Gasteiger partial charge in [-0.1, -0.05) is 174 Å². The maximum Gasteiger partial charge on any atom is 0.0786 e. The van der Waals surface area contributed by atoms with Crippen molar-refractivity contribution in [3.05, 3.63) is 0 Å². The Morgan fingerprint density at radius 2 is 0.432 bits per heavy atom. The minimum atomic E-state index is 1.31. The summed E-state index contributed by atoms with van der Waals surface area (Å²) in [6, 6.07) is 0. The fourth-order valence-corrected chi connectivity index (χ4v) is 6.26. The highest BCUT2D eigenvalue weighted by atomic mass is 15.3. The van der Waals surface area contributed by atoms with E-state index in [9.17, 15) is 0 Å². The van der Waals surface area contributed by atoms with Gasteiger partial charge in [0.05, 0.1) is 26.2 Å². The quantitative estimate of drug-likeness (QED) is 0.0608. The number of hydrogen-bond acceptors (Lipinski definition) is 0. The Balaban J connectivity index is 3.13. The van der Waals surface area contributed by atoms with E-state index in [0.29, 0.717) is 0 Å². The van der Waals surface area contributed by atoms with Gasteiger partial charge in [0, 0.05) is 0 Å². The van der Waals surface area contributed by atoms with Crippen LogP contribution in [0.2, 0.25) is 0 Å². The first kappa shape index (κ1) is 37.0. The van der Waals surface area contributed by atoms with Crippen LogP contribution in [0.1, 0.15) is 207 Å². The van der Waals surface area contributed by atoms with Crippen LogP contribution in [-0.4, -0.2) is 30.7 Å². The molecule has 0 aromatic rings. The van der Waals surface area contributed by atoms with Crippen LogP contribution in [0, 0.1) is 0 Å². The van der Waals surface area contributed by atoms with Gasteiger partial charge < -0.3 is 4.48 Å². The molecule has 0 aliphatic rings. The van der Waals surface area contributed by atoms with Crippen molar-refractivity contribution in [3.63, 3.8) is 0 Å².